The Morgan fingerprint density at radius 1 is 1.50 bits per heavy atom. The van der Waals surface area contributed by atoms with Crippen molar-refractivity contribution >= 4 is 6.16 Å². The number of carbonyl (C=O) groups is 1. The lowest BCUT2D eigenvalue weighted by molar-refractivity contribution is 0.0873. The Labute approximate surface area is 94.3 Å². The van der Waals surface area contributed by atoms with E-state index in [1.165, 1.54) is 7.11 Å². The van der Waals surface area contributed by atoms with E-state index < -0.39 is 6.16 Å². The van der Waals surface area contributed by atoms with Crippen molar-refractivity contribution in [3.63, 3.8) is 0 Å². The van der Waals surface area contributed by atoms with Gasteiger partial charge in [-0.05, 0) is 18.1 Å². The molecule has 16 heavy (non-hydrogen) atoms. The molecule has 0 aliphatic heterocycles. The minimum absolute atomic E-state index is 0.249. The molecule has 0 bridgehead atoms. The van der Waals surface area contributed by atoms with Crippen molar-refractivity contribution < 1.29 is 19.0 Å². The molecular formula is C11H15NO4. The topological polar surface area (TPSA) is 57.7 Å². The first-order valence-electron chi connectivity index (χ1n) is 4.97. The second-order valence-corrected chi connectivity index (χ2v) is 3.57. The van der Waals surface area contributed by atoms with Crippen LogP contribution in [0.4, 0.5) is 4.79 Å². The standard InChI is InChI=1S/C11H15NO4/c1-8(2)7-15-11(13)16-9-5-4-6-12-10(9)14-3/h4-6,8H,7H2,1-3H3. The first-order valence-corrected chi connectivity index (χ1v) is 4.97. The van der Waals surface area contributed by atoms with Gasteiger partial charge < -0.3 is 14.2 Å². The van der Waals surface area contributed by atoms with Gasteiger partial charge in [-0.2, -0.15) is 0 Å². The highest BCUT2D eigenvalue weighted by molar-refractivity contribution is 5.64. The van der Waals surface area contributed by atoms with Crippen molar-refractivity contribution in [2.45, 2.75) is 13.8 Å². The Bertz CT molecular complexity index is 352. The number of hydrogen-bond acceptors (Lipinski definition) is 5. The molecule has 0 aliphatic carbocycles. The van der Waals surface area contributed by atoms with Crippen molar-refractivity contribution in [2.24, 2.45) is 5.92 Å². The first-order chi connectivity index (χ1) is 7.63. The number of aromatic nitrogens is 1. The molecule has 0 saturated carbocycles. The van der Waals surface area contributed by atoms with Crippen molar-refractivity contribution in [2.75, 3.05) is 13.7 Å². The molecule has 0 spiro atoms. The quantitative estimate of drug-likeness (QED) is 0.735. The Balaban J connectivity index is 2.55. The van der Waals surface area contributed by atoms with Gasteiger partial charge in [-0.15, -0.1) is 0 Å². The largest absolute Gasteiger partial charge is 0.514 e. The lowest BCUT2D eigenvalue weighted by atomic mass is 10.2. The van der Waals surface area contributed by atoms with Gasteiger partial charge in [-0.1, -0.05) is 13.8 Å². The molecular weight excluding hydrogens is 210 g/mol. The van der Waals surface area contributed by atoms with E-state index in [4.69, 9.17) is 14.2 Å². The van der Waals surface area contributed by atoms with Gasteiger partial charge in [0.05, 0.1) is 13.7 Å². The summed E-state index contributed by atoms with van der Waals surface area (Å²) in [6.07, 6.45) is 0.797. The number of pyridine rings is 1. The molecule has 0 radical (unpaired) electrons. The van der Waals surface area contributed by atoms with E-state index in [-0.39, 0.29) is 17.5 Å². The normalized spacial score (nSPS) is 10.0. The highest BCUT2D eigenvalue weighted by Gasteiger charge is 2.11. The molecule has 88 valence electrons. The zero-order valence-corrected chi connectivity index (χ0v) is 9.60. The number of carbonyl (C=O) groups excluding carboxylic acids is 1. The van der Waals surface area contributed by atoms with Gasteiger partial charge >= 0.3 is 6.16 Å². The highest BCUT2D eigenvalue weighted by atomic mass is 16.7. The third-order valence-corrected chi connectivity index (χ3v) is 1.66. The van der Waals surface area contributed by atoms with E-state index in [1.54, 1.807) is 18.3 Å². The van der Waals surface area contributed by atoms with Crippen molar-refractivity contribution in [1.82, 2.24) is 4.98 Å². The maximum Gasteiger partial charge on any atom is 0.514 e. The summed E-state index contributed by atoms with van der Waals surface area (Å²) in [7, 11) is 1.45. The van der Waals surface area contributed by atoms with Gasteiger partial charge in [-0.3, -0.25) is 0 Å². The summed E-state index contributed by atoms with van der Waals surface area (Å²) in [5.74, 6) is 0.770. The van der Waals surface area contributed by atoms with Crippen molar-refractivity contribution in [3.05, 3.63) is 18.3 Å². The van der Waals surface area contributed by atoms with Crippen LogP contribution in [0.2, 0.25) is 0 Å². The number of ether oxygens (including phenoxy) is 3. The SMILES string of the molecule is COc1ncccc1OC(=O)OCC(C)C. The fourth-order valence-corrected chi connectivity index (χ4v) is 0.961. The summed E-state index contributed by atoms with van der Waals surface area (Å²) < 4.78 is 14.7. The van der Waals surface area contributed by atoms with Gasteiger partial charge in [-0.25, -0.2) is 9.78 Å². The average Bonchev–Trinajstić information content (AvgIpc) is 2.27. The van der Waals surface area contributed by atoms with Gasteiger partial charge in [0.2, 0.25) is 0 Å². The average molecular weight is 225 g/mol. The van der Waals surface area contributed by atoms with E-state index >= 15 is 0 Å². The van der Waals surface area contributed by atoms with Crippen LogP contribution in [0, 0.1) is 5.92 Å². The maximum absolute atomic E-state index is 11.3. The summed E-state index contributed by atoms with van der Waals surface area (Å²) in [6.45, 7) is 4.21. The molecule has 1 aromatic rings. The van der Waals surface area contributed by atoms with Crippen LogP contribution in [0.25, 0.3) is 0 Å². The Morgan fingerprint density at radius 2 is 2.25 bits per heavy atom. The van der Waals surface area contributed by atoms with Crippen LogP contribution in [0.5, 0.6) is 11.6 Å². The Kier molecular flexibility index (Phi) is 4.57. The van der Waals surface area contributed by atoms with Crippen LogP contribution in [-0.4, -0.2) is 24.9 Å². The zero-order chi connectivity index (χ0) is 12.0. The number of methoxy groups -OCH3 is 1. The smallest absolute Gasteiger partial charge is 0.478 e. The first kappa shape index (κ1) is 12.3. The van der Waals surface area contributed by atoms with Gasteiger partial charge in [0, 0.05) is 6.20 Å². The van der Waals surface area contributed by atoms with E-state index in [9.17, 15) is 4.79 Å². The molecule has 0 N–H and O–H groups in total. The molecule has 0 atom stereocenters. The van der Waals surface area contributed by atoms with Crippen LogP contribution >= 0.6 is 0 Å². The minimum Gasteiger partial charge on any atom is -0.478 e. The number of hydrogen-bond donors (Lipinski definition) is 0. The molecule has 1 rings (SSSR count). The molecule has 0 aliphatic rings. The summed E-state index contributed by atoms with van der Waals surface area (Å²) in [5.41, 5.74) is 0. The summed E-state index contributed by atoms with van der Waals surface area (Å²) in [5, 5.41) is 0. The molecule has 5 heteroatoms. The third kappa shape index (κ3) is 3.76. The molecule has 0 saturated heterocycles. The molecule has 1 aromatic heterocycles. The zero-order valence-electron chi connectivity index (χ0n) is 9.60. The van der Waals surface area contributed by atoms with Gasteiger partial charge in [0.25, 0.3) is 5.88 Å². The molecule has 0 aromatic carbocycles. The Hall–Kier alpha value is -1.78. The van der Waals surface area contributed by atoms with Crippen LogP contribution in [0.3, 0.4) is 0 Å². The second kappa shape index (κ2) is 5.95. The van der Waals surface area contributed by atoms with Crippen LogP contribution < -0.4 is 9.47 Å². The fourth-order valence-electron chi connectivity index (χ4n) is 0.961. The predicted molar refractivity (Wildman–Crippen MR) is 57.6 cm³/mol. The summed E-state index contributed by atoms with van der Waals surface area (Å²) >= 11 is 0. The number of rotatable bonds is 4. The lowest BCUT2D eigenvalue weighted by Gasteiger charge is -2.09. The van der Waals surface area contributed by atoms with Crippen LogP contribution in [0.15, 0.2) is 18.3 Å². The van der Waals surface area contributed by atoms with Crippen molar-refractivity contribution in [3.8, 4) is 11.6 Å². The van der Waals surface area contributed by atoms with Gasteiger partial charge in [0.1, 0.15) is 0 Å². The summed E-state index contributed by atoms with van der Waals surface area (Å²) in [4.78, 5) is 15.1. The highest BCUT2D eigenvalue weighted by Crippen LogP contribution is 2.23. The number of nitrogens with zero attached hydrogens (tertiary/aromatic N) is 1. The molecule has 5 nitrogen and oxygen atoms in total. The molecule has 1 heterocycles. The Morgan fingerprint density at radius 3 is 2.88 bits per heavy atom. The summed E-state index contributed by atoms with van der Waals surface area (Å²) in [6, 6.07) is 3.23. The minimum atomic E-state index is -0.750. The maximum atomic E-state index is 11.3. The molecule has 0 unspecified atom stereocenters. The van der Waals surface area contributed by atoms with Crippen molar-refractivity contribution in [1.29, 1.82) is 0 Å². The predicted octanol–water partition coefficient (Wildman–Crippen LogP) is 2.26. The lowest BCUT2D eigenvalue weighted by Crippen LogP contribution is -2.14. The van der Waals surface area contributed by atoms with Crippen LogP contribution in [-0.2, 0) is 4.74 Å². The molecule has 0 fully saturated rings. The molecule has 0 amide bonds. The van der Waals surface area contributed by atoms with Crippen LogP contribution in [0.1, 0.15) is 13.8 Å². The third-order valence-electron chi connectivity index (χ3n) is 1.66. The van der Waals surface area contributed by atoms with E-state index in [2.05, 4.69) is 4.98 Å². The monoisotopic (exact) mass is 225 g/mol. The second-order valence-electron chi connectivity index (χ2n) is 3.57. The van der Waals surface area contributed by atoms with Gasteiger partial charge in [0.15, 0.2) is 5.75 Å². The van der Waals surface area contributed by atoms with E-state index in [1.807, 2.05) is 13.8 Å². The van der Waals surface area contributed by atoms with E-state index in [0.29, 0.717) is 6.61 Å². The fraction of sp³-hybridized carbons (Fsp3) is 0.455. The van der Waals surface area contributed by atoms with E-state index in [0.717, 1.165) is 0 Å².